The molecule has 0 radical (unpaired) electrons. The number of non-ortho nitro benzene ring substituents is 1. The Morgan fingerprint density at radius 3 is 1.64 bits per heavy atom. The largest absolute Gasteiger partial charge is 0.399 e. The zero-order chi connectivity index (χ0) is 21.7. The van der Waals surface area contributed by atoms with Gasteiger partial charge in [0.05, 0.1) is 14.7 Å². The van der Waals surface area contributed by atoms with E-state index in [9.17, 15) is 26.9 Å². The minimum absolute atomic E-state index is 0.0818. The molecule has 2 aromatic rings. The number of benzene rings is 2. The van der Waals surface area contributed by atoms with Crippen molar-refractivity contribution >= 4 is 31.4 Å². The highest BCUT2D eigenvalue weighted by Gasteiger charge is 2.19. The summed E-state index contributed by atoms with van der Waals surface area (Å²) in [5, 5.41) is 10.4. The van der Waals surface area contributed by atoms with Gasteiger partial charge in [-0.25, -0.2) is 25.4 Å². The molecular weight excluding hydrogens is 408 g/mol. The third-order valence-electron chi connectivity index (χ3n) is 3.44. The molecule has 154 valence electrons. The number of nitro benzene ring substituents is 1. The number of hydrogen-bond acceptors (Lipinski definition) is 7. The van der Waals surface area contributed by atoms with Gasteiger partial charge in [-0.15, -0.1) is 0 Å². The summed E-state index contributed by atoms with van der Waals surface area (Å²) >= 11 is 0. The monoisotopic (exact) mass is 430 g/mol. The van der Waals surface area contributed by atoms with E-state index in [-0.39, 0.29) is 15.5 Å². The van der Waals surface area contributed by atoms with Gasteiger partial charge < -0.3 is 5.73 Å². The average Bonchev–Trinajstić information content (AvgIpc) is 2.62. The predicted molar refractivity (Wildman–Crippen MR) is 106 cm³/mol. The molecule has 0 unspecified atom stereocenters. The van der Waals surface area contributed by atoms with Crippen molar-refractivity contribution in [2.45, 2.75) is 9.79 Å². The topological polar surface area (TPSA) is 144 Å². The molecule has 0 aliphatic heterocycles. The van der Waals surface area contributed by atoms with Crippen LogP contribution in [0.25, 0.3) is 0 Å². The summed E-state index contributed by atoms with van der Waals surface area (Å²) in [4.78, 5) is 9.95. The highest BCUT2D eigenvalue weighted by Crippen LogP contribution is 2.19. The SMILES string of the molecule is CN(C)S(=O)(=O)c1cccc(N)c1.CN(C)S(=O)(=O)c1cccc([N+](=O)[O-])c1. The van der Waals surface area contributed by atoms with Gasteiger partial charge in [0.1, 0.15) is 0 Å². The van der Waals surface area contributed by atoms with Crippen molar-refractivity contribution in [3.8, 4) is 0 Å². The lowest BCUT2D eigenvalue weighted by Gasteiger charge is -2.11. The van der Waals surface area contributed by atoms with Gasteiger partial charge in [-0.05, 0) is 24.3 Å². The number of anilines is 1. The smallest absolute Gasteiger partial charge is 0.270 e. The third kappa shape index (κ3) is 5.73. The second-order valence-corrected chi connectivity index (χ2v) is 10.2. The van der Waals surface area contributed by atoms with Gasteiger partial charge in [-0.1, -0.05) is 12.1 Å². The Hall–Kier alpha value is -2.54. The molecule has 0 atom stereocenters. The summed E-state index contributed by atoms with van der Waals surface area (Å²) in [6.07, 6.45) is 0. The highest BCUT2D eigenvalue weighted by molar-refractivity contribution is 7.89. The van der Waals surface area contributed by atoms with Crippen LogP contribution in [0.3, 0.4) is 0 Å². The second kappa shape index (κ2) is 9.10. The fourth-order valence-electron chi connectivity index (χ4n) is 1.85. The number of nitrogen functional groups attached to an aromatic ring is 1. The summed E-state index contributed by atoms with van der Waals surface area (Å²) in [5.74, 6) is 0. The van der Waals surface area contributed by atoms with E-state index in [0.717, 1.165) is 14.7 Å². The fraction of sp³-hybridized carbons (Fsp3) is 0.250. The molecule has 0 amide bonds. The molecule has 2 rings (SSSR count). The maximum atomic E-state index is 11.6. The molecule has 12 heteroatoms. The molecule has 0 saturated carbocycles. The van der Waals surface area contributed by atoms with Gasteiger partial charge in [0, 0.05) is 46.0 Å². The Kier molecular flexibility index (Phi) is 7.64. The van der Waals surface area contributed by atoms with Crippen molar-refractivity contribution in [3.05, 3.63) is 58.6 Å². The molecular formula is C16H22N4O6S2. The van der Waals surface area contributed by atoms with E-state index in [2.05, 4.69) is 0 Å². The number of sulfonamides is 2. The lowest BCUT2D eigenvalue weighted by Crippen LogP contribution is -2.22. The zero-order valence-corrected chi connectivity index (χ0v) is 17.4. The normalized spacial score (nSPS) is 11.8. The molecule has 0 aliphatic rings. The van der Waals surface area contributed by atoms with Crippen molar-refractivity contribution < 1.29 is 21.8 Å². The molecule has 2 N–H and O–H groups in total. The first-order valence-electron chi connectivity index (χ1n) is 7.75. The van der Waals surface area contributed by atoms with Gasteiger partial charge >= 0.3 is 0 Å². The van der Waals surface area contributed by atoms with Crippen molar-refractivity contribution in [2.24, 2.45) is 0 Å². The molecule has 10 nitrogen and oxygen atoms in total. The molecule has 0 aliphatic carbocycles. The van der Waals surface area contributed by atoms with Crippen molar-refractivity contribution in [1.29, 1.82) is 0 Å². The van der Waals surface area contributed by atoms with Gasteiger partial charge in [-0.3, -0.25) is 10.1 Å². The lowest BCUT2D eigenvalue weighted by molar-refractivity contribution is -0.385. The summed E-state index contributed by atoms with van der Waals surface area (Å²) in [6, 6.07) is 11.2. The summed E-state index contributed by atoms with van der Waals surface area (Å²) in [7, 11) is -1.24. The Morgan fingerprint density at radius 2 is 1.25 bits per heavy atom. The predicted octanol–water partition coefficient (Wildman–Crippen LogP) is 1.36. The van der Waals surface area contributed by atoms with Crippen molar-refractivity contribution in [2.75, 3.05) is 33.9 Å². The van der Waals surface area contributed by atoms with Crippen molar-refractivity contribution in [3.63, 3.8) is 0 Å². The van der Waals surface area contributed by atoms with Crippen LogP contribution in [0.2, 0.25) is 0 Å². The van der Waals surface area contributed by atoms with Crippen LogP contribution >= 0.6 is 0 Å². The zero-order valence-electron chi connectivity index (χ0n) is 15.8. The van der Waals surface area contributed by atoms with Crippen LogP contribution in [-0.2, 0) is 20.0 Å². The van der Waals surface area contributed by atoms with Crippen LogP contribution in [0, 0.1) is 10.1 Å². The van der Waals surface area contributed by atoms with Gasteiger partial charge in [0.15, 0.2) is 0 Å². The average molecular weight is 431 g/mol. The van der Waals surface area contributed by atoms with Crippen LogP contribution in [-0.4, -0.2) is 58.6 Å². The van der Waals surface area contributed by atoms with Crippen LogP contribution in [0.5, 0.6) is 0 Å². The maximum Gasteiger partial charge on any atom is 0.270 e. The van der Waals surface area contributed by atoms with E-state index in [1.807, 2.05) is 0 Å². The van der Waals surface area contributed by atoms with Crippen LogP contribution < -0.4 is 5.73 Å². The summed E-state index contributed by atoms with van der Waals surface area (Å²) in [6.45, 7) is 0. The third-order valence-corrected chi connectivity index (χ3v) is 7.07. The van der Waals surface area contributed by atoms with Gasteiger partial charge in [-0.2, -0.15) is 0 Å². The van der Waals surface area contributed by atoms with E-state index in [0.29, 0.717) is 5.69 Å². The Balaban J connectivity index is 0.000000283. The first-order valence-corrected chi connectivity index (χ1v) is 10.6. The number of rotatable bonds is 5. The standard InChI is InChI=1S/C8H10N2O4S.C8H12N2O2S/c1-9(2)15(13,14)8-5-3-4-7(6-8)10(11)12;1-10(2)13(11,12)8-5-3-4-7(9)6-8/h3-6H,1-2H3;3-6H,9H2,1-2H3. The minimum atomic E-state index is -3.60. The molecule has 0 saturated heterocycles. The highest BCUT2D eigenvalue weighted by atomic mass is 32.2. The van der Waals surface area contributed by atoms with Crippen molar-refractivity contribution in [1.82, 2.24) is 8.61 Å². The molecule has 0 fully saturated rings. The van der Waals surface area contributed by atoms with Crippen LogP contribution in [0.15, 0.2) is 58.3 Å². The van der Waals surface area contributed by atoms with E-state index < -0.39 is 25.0 Å². The quantitative estimate of drug-likeness (QED) is 0.428. The first-order chi connectivity index (χ1) is 12.8. The number of nitrogens with zero attached hydrogens (tertiary/aromatic N) is 3. The van der Waals surface area contributed by atoms with Crippen LogP contribution in [0.1, 0.15) is 0 Å². The number of nitrogens with two attached hydrogens (primary N) is 1. The van der Waals surface area contributed by atoms with E-state index in [1.54, 1.807) is 12.1 Å². The minimum Gasteiger partial charge on any atom is -0.399 e. The summed E-state index contributed by atoms with van der Waals surface area (Å²) in [5.41, 5.74) is 5.68. The number of hydrogen-bond donors (Lipinski definition) is 1. The second-order valence-electron chi connectivity index (χ2n) is 5.90. The Bertz CT molecular complexity index is 1050. The molecule has 2 aromatic carbocycles. The van der Waals surface area contributed by atoms with E-state index in [4.69, 9.17) is 5.73 Å². The lowest BCUT2D eigenvalue weighted by atomic mass is 10.3. The Labute approximate surface area is 164 Å². The molecule has 0 bridgehead atoms. The summed E-state index contributed by atoms with van der Waals surface area (Å²) < 4.78 is 48.5. The first kappa shape index (κ1) is 23.5. The van der Waals surface area contributed by atoms with E-state index in [1.165, 1.54) is 58.5 Å². The Morgan fingerprint density at radius 1 is 0.821 bits per heavy atom. The maximum absolute atomic E-state index is 11.6. The molecule has 0 aromatic heterocycles. The van der Waals surface area contributed by atoms with E-state index >= 15 is 0 Å². The van der Waals surface area contributed by atoms with Gasteiger partial charge in [0.25, 0.3) is 5.69 Å². The van der Waals surface area contributed by atoms with Gasteiger partial charge in [0.2, 0.25) is 20.0 Å². The fourth-order valence-corrected chi connectivity index (χ4v) is 3.75. The molecule has 0 heterocycles. The number of nitro groups is 1. The molecule has 0 spiro atoms. The van der Waals surface area contributed by atoms with Crippen LogP contribution in [0.4, 0.5) is 11.4 Å². The molecule has 28 heavy (non-hydrogen) atoms.